The minimum Gasteiger partial charge on any atom is -0.469 e. The highest BCUT2D eigenvalue weighted by Gasteiger charge is 2.25. The Kier molecular flexibility index (Phi) is 3.27. The summed E-state index contributed by atoms with van der Waals surface area (Å²) in [5.41, 5.74) is 2.52. The van der Waals surface area contributed by atoms with E-state index >= 15 is 0 Å². The number of carbonyl (C=O) groups excluding carboxylic acids is 1. The van der Waals surface area contributed by atoms with Gasteiger partial charge in [-0.3, -0.25) is 9.48 Å². The second kappa shape index (κ2) is 4.68. The second-order valence-electron chi connectivity index (χ2n) is 4.25. The van der Waals surface area contributed by atoms with E-state index in [9.17, 15) is 4.79 Å². The number of hydrogen-bond donors (Lipinski definition) is 0. The first-order valence-corrected chi connectivity index (χ1v) is 5.87. The lowest BCUT2D eigenvalue weighted by Crippen LogP contribution is -2.19. The van der Waals surface area contributed by atoms with Crippen LogP contribution in [0.3, 0.4) is 0 Å². The van der Waals surface area contributed by atoms with Gasteiger partial charge in [-0.25, -0.2) is 0 Å². The van der Waals surface area contributed by atoms with Crippen molar-refractivity contribution < 1.29 is 9.53 Å². The Hall–Kier alpha value is -1.32. The minimum atomic E-state index is -0.0864. The zero-order valence-corrected chi connectivity index (χ0v) is 9.90. The zero-order valence-electron chi connectivity index (χ0n) is 9.90. The molecule has 1 aromatic rings. The summed E-state index contributed by atoms with van der Waals surface area (Å²) in [4.78, 5) is 11.6. The first-order valence-electron chi connectivity index (χ1n) is 5.87. The Balaban J connectivity index is 2.24. The van der Waals surface area contributed by atoms with Crippen molar-refractivity contribution in [2.75, 3.05) is 7.11 Å². The van der Waals surface area contributed by atoms with Gasteiger partial charge in [0.05, 0.1) is 19.2 Å². The van der Waals surface area contributed by atoms with Gasteiger partial charge in [0.1, 0.15) is 0 Å². The first kappa shape index (κ1) is 11.2. The summed E-state index contributed by atoms with van der Waals surface area (Å²) in [7, 11) is 1.46. The van der Waals surface area contributed by atoms with Crippen molar-refractivity contribution in [1.29, 1.82) is 0 Å². The molecule has 0 fully saturated rings. The second-order valence-corrected chi connectivity index (χ2v) is 4.25. The molecular formula is C12H18N2O2. The van der Waals surface area contributed by atoms with Crippen molar-refractivity contribution in [2.45, 2.75) is 39.2 Å². The van der Waals surface area contributed by atoms with E-state index in [0.717, 1.165) is 32.2 Å². The molecule has 1 aliphatic carbocycles. The number of methoxy groups -OCH3 is 1. The molecule has 88 valence electrons. The van der Waals surface area contributed by atoms with Crippen LogP contribution in [0.5, 0.6) is 0 Å². The van der Waals surface area contributed by atoms with E-state index in [1.165, 1.54) is 18.4 Å². The summed E-state index contributed by atoms with van der Waals surface area (Å²) in [6, 6.07) is 0. The molecule has 0 radical (unpaired) electrons. The molecule has 4 nitrogen and oxygen atoms in total. The lowest BCUT2D eigenvalue weighted by Gasteiger charge is -2.12. The lowest BCUT2D eigenvalue weighted by atomic mass is 10.0. The van der Waals surface area contributed by atoms with Crippen molar-refractivity contribution >= 4 is 5.97 Å². The van der Waals surface area contributed by atoms with Gasteiger partial charge >= 0.3 is 5.97 Å². The molecule has 0 spiro atoms. The Morgan fingerprint density at radius 1 is 1.69 bits per heavy atom. The summed E-state index contributed by atoms with van der Waals surface area (Å²) < 4.78 is 6.84. The van der Waals surface area contributed by atoms with E-state index in [-0.39, 0.29) is 11.9 Å². The molecule has 0 aromatic carbocycles. The molecule has 1 aliphatic rings. The fourth-order valence-corrected chi connectivity index (χ4v) is 2.41. The predicted molar refractivity (Wildman–Crippen MR) is 60.0 cm³/mol. The van der Waals surface area contributed by atoms with Crippen LogP contribution in [-0.2, 0) is 28.9 Å². The van der Waals surface area contributed by atoms with E-state index in [0.29, 0.717) is 0 Å². The summed E-state index contributed by atoms with van der Waals surface area (Å²) in [6.45, 7) is 2.94. The maximum Gasteiger partial charge on any atom is 0.309 e. The van der Waals surface area contributed by atoms with Gasteiger partial charge in [-0.1, -0.05) is 0 Å². The highest BCUT2D eigenvalue weighted by Crippen LogP contribution is 2.25. The quantitative estimate of drug-likeness (QED) is 0.563. The normalized spacial score (nSPS) is 20.0. The topological polar surface area (TPSA) is 44.1 Å². The third-order valence-corrected chi connectivity index (χ3v) is 3.31. The number of aryl methyl sites for hydroxylation is 2. The lowest BCUT2D eigenvalue weighted by molar-refractivity contribution is -0.145. The highest BCUT2D eigenvalue weighted by molar-refractivity contribution is 5.72. The standard InChI is InChI=1S/C12H18N2O2/c1-3-14-11-7-9(12(15)16-2)5-4-6-10(11)8-13-14/h8-9H,3-7H2,1-2H3/t9-/m1/s1. The average molecular weight is 222 g/mol. The zero-order chi connectivity index (χ0) is 11.5. The van der Waals surface area contributed by atoms with Crippen LogP contribution in [0.2, 0.25) is 0 Å². The van der Waals surface area contributed by atoms with Crippen molar-refractivity contribution in [2.24, 2.45) is 5.92 Å². The third-order valence-electron chi connectivity index (χ3n) is 3.31. The van der Waals surface area contributed by atoms with E-state index in [1.807, 2.05) is 10.9 Å². The smallest absolute Gasteiger partial charge is 0.309 e. The Morgan fingerprint density at radius 2 is 2.50 bits per heavy atom. The molecule has 0 N–H and O–H groups in total. The van der Waals surface area contributed by atoms with Gasteiger partial charge < -0.3 is 4.74 Å². The predicted octanol–water partition coefficient (Wildman–Crippen LogP) is 1.57. The number of aromatic nitrogens is 2. The van der Waals surface area contributed by atoms with Gasteiger partial charge in [0.25, 0.3) is 0 Å². The Morgan fingerprint density at radius 3 is 3.19 bits per heavy atom. The SMILES string of the molecule is CCn1ncc2c1C[C@H](C(=O)OC)CCC2. The maximum absolute atomic E-state index is 11.6. The monoisotopic (exact) mass is 222 g/mol. The molecule has 0 saturated heterocycles. The molecule has 0 aliphatic heterocycles. The summed E-state index contributed by atoms with van der Waals surface area (Å²) >= 11 is 0. The van der Waals surface area contributed by atoms with Crippen LogP contribution in [-0.4, -0.2) is 22.9 Å². The van der Waals surface area contributed by atoms with Gasteiger partial charge in [0, 0.05) is 18.7 Å². The summed E-state index contributed by atoms with van der Waals surface area (Å²) in [5.74, 6) is -0.0787. The van der Waals surface area contributed by atoms with Gasteiger partial charge in [0.15, 0.2) is 0 Å². The fraction of sp³-hybridized carbons (Fsp3) is 0.667. The van der Waals surface area contributed by atoms with Crippen LogP contribution < -0.4 is 0 Å². The largest absolute Gasteiger partial charge is 0.469 e. The molecule has 0 saturated carbocycles. The molecule has 0 unspecified atom stereocenters. The number of esters is 1. The van der Waals surface area contributed by atoms with E-state index in [2.05, 4.69) is 12.0 Å². The maximum atomic E-state index is 11.6. The van der Waals surface area contributed by atoms with Crippen LogP contribution >= 0.6 is 0 Å². The van der Waals surface area contributed by atoms with Crippen LogP contribution in [0, 0.1) is 5.92 Å². The van der Waals surface area contributed by atoms with Gasteiger partial charge in [-0.15, -0.1) is 0 Å². The van der Waals surface area contributed by atoms with E-state index < -0.39 is 0 Å². The number of nitrogens with zero attached hydrogens (tertiary/aromatic N) is 2. The van der Waals surface area contributed by atoms with Crippen LogP contribution in [0.15, 0.2) is 6.20 Å². The summed E-state index contributed by atoms with van der Waals surface area (Å²) in [6.07, 6.45) is 5.71. The molecule has 1 atom stereocenters. The Labute approximate surface area is 95.6 Å². The Bertz CT molecular complexity index is 384. The molecule has 16 heavy (non-hydrogen) atoms. The summed E-state index contributed by atoms with van der Waals surface area (Å²) in [5, 5.41) is 4.34. The molecule has 0 amide bonds. The molecule has 0 bridgehead atoms. The average Bonchev–Trinajstić information content (AvgIpc) is 2.57. The van der Waals surface area contributed by atoms with Crippen molar-refractivity contribution in [3.05, 3.63) is 17.5 Å². The molecule has 1 heterocycles. The van der Waals surface area contributed by atoms with Crippen LogP contribution in [0.4, 0.5) is 0 Å². The third kappa shape index (κ3) is 1.96. The highest BCUT2D eigenvalue weighted by atomic mass is 16.5. The molecule has 1 aromatic heterocycles. The molecular weight excluding hydrogens is 204 g/mol. The number of hydrogen-bond acceptors (Lipinski definition) is 3. The van der Waals surface area contributed by atoms with Crippen molar-refractivity contribution in [3.8, 4) is 0 Å². The van der Waals surface area contributed by atoms with E-state index in [1.54, 1.807) is 0 Å². The minimum absolute atomic E-state index is 0.00764. The van der Waals surface area contributed by atoms with Gasteiger partial charge in [-0.2, -0.15) is 5.10 Å². The number of carbonyl (C=O) groups is 1. The first-order chi connectivity index (χ1) is 7.76. The number of ether oxygens (including phenoxy) is 1. The molecule has 2 rings (SSSR count). The van der Waals surface area contributed by atoms with Crippen molar-refractivity contribution in [3.63, 3.8) is 0 Å². The van der Waals surface area contributed by atoms with E-state index in [4.69, 9.17) is 4.74 Å². The fourth-order valence-electron chi connectivity index (χ4n) is 2.41. The molecule has 4 heteroatoms. The number of fused-ring (bicyclic) bond motifs is 1. The van der Waals surface area contributed by atoms with Crippen molar-refractivity contribution in [1.82, 2.24) is 9.78 Å². The van der Waals surface area contributed by atoms with Crippen LogP contribution in [0.1, 0.15) is 31.0 Å². The van der Waals surface area contributed by atoms with Crippen LogP contribution in [0.25, 0.3) is 0 Å². The number of rotatable bonds is 2. The van der Waals surface area contributed by atoms with Gasteiger partial charge in [-0.05, 0) is 31.7 Å². The van der Waals surface area contributed by atoms with Gasteiger partial charge in [0.2, 0.25) is 0 Å².